The van der Waals surface area contributed by atoms with Crippen LogP contribution in [0.5, 0.6) is 0 Å². The van der Waals surface area contributed by atoms with Crippen molar-refractivity contribution in [1.29, 1.82) is 0 Å². The number of nitrogens with zero attached hydrogens (tertiary/aromatic N) is 1. The van der Waals surface area contributed by atoms with Crippen molar-refractivity contribution in [3.63, 3.8) is 0 Å². The largest absolute Gasteiger partial charge is 0.378 e. The maximum Gasteiger partial charge on any atom is 0.255 e. The lowest BCUT2D eigenvalue weighted by atomic mass is 10.1. The number of hydrogen-bond donors (Lipinski definition) is 0. The van der Waals surface area contributed by atoms with Gasteiger partial charge < -0.3 is 9.64 Å². The van der Waals surface area contributed by atoms with Crippen LogP contribution in [0.15, 0.2) is 0 Å². The van der Waals surface area contributed by atoms with E-state index in [9.17, 15) is 8.78 Å². The van der Waals surface area contributed by atoms with Gasteiger partial charge in [0.1, 0.15) is 0 Å². The number of rotatable bonds is 5. The van der Waals surface area contributed by atoms with Crippen LogP contribution >= 0.6 is 0 Å². The SMILES string of the molecule is CC(C)OCC1(CN2CCC3(C2)CC3(F)F)CC1. The molecule has 3 fully saturated rings. The molecule has 2 aliphatic carbocycles. The zero-order chi connectivity index (χ0) is 13.0. The summed E-state index contributed by atoms with van der Waals surface area (Å²) in [6.45, 7) is 7.29. The van der Waals surface area contributed by atoms with Gasteiger partial charge in [0.2, 0.25) is 0 Å². The Morgan fingerprint density at radius 2 is 1.89 bits per heavy atom. The van der Waals surface area contributed by atoms with Crippen LogP contribution in [0, 0.1) is 10.8 Å². The second kappa shape index (κ2) is 3.89. The van der Waals surface area contributed by atoms with E-state index >= 15 is 0 Å². The molecule has 0 aromatic heterocycles. The van der Waals surface area contributed by atoms with Crippen molar-refractivity contribution in [1.82, 2.24) is 4.90 Å². The topological polar surface area (TPSA) is 12.5 Å². The van der Waals surface area contributed by atoms with Gasteiger partial charge in [-0.25, -0.2) is 8.78 Å². The first-order valence-corrected chi connectivity index (χ1v) is 7.08. The summed E-state index contributed by atoms with van der Waals surface area (Å²) in [6, 6.07) is 0. The summed E-state index contributed by atoms with van der Waals surface area (Å²) in [5.41, 5.74) is -0.373. The lowest BCUT2D eigenvalue weighted by Crippen LogP contribution is -2.32. The van der Waals surface area contributed by atoms with Gasteiger partial charge in [0, 0.05) is 24.9 Å². The average Bonchev–Trinajstić information content (AvgIpc) is 3.07. The molecule has 1 unspecified atom stereocenters. The molecule has 0 N–H and O–H groups in total. The van der Waals surface area contributed by atoms with E-state index in [1.807, 2.05) is 13.8 Å². The van der Waals surface area contributed by atoms with Crippen LogP contribution in [-0.2, 0) is 4.74 Å². The molecule has 3 rings (SSSR count). The average molecular weight is 259 g/mol. The van der Waals surface area contributed by atoms with Crippen LogP contribution < -0.4 is 0 Å². The quantitative estimate of drug-likeness (QED) is 0.752. The van der Waals surface area contributed by atoms with E-state index in [4.69, 9.17) is 4.74 Å². The second-order valence-electron chi connectivity index (χ2n) is 6.98. The van der Waals surface area contributed by atoms with Crippen LogP contribution in [0.3, 0.4) is 0 Å². The third kappa shape index (κ3) is 2.18. The fourth-order valence-corrected chi connectivity index (χ4v) is 3.26. The van der Waals surface area contributed by atoms with E-state index in [1.54, 1.807) is 0 Å². The number of halogens is 2. The van der Waals surface area contributed by atoms with Crippen molar-refractivity contribution in [2.45, 2.75) is 51.6 Å². The van der Waals surface area contributed by atoms with Crippen LogP contribution in [-0.4, -0.2) is 43.2 Å². The molecule has 0 amide bonds. The van der Waals surface area contributed by atoms with Crippen molar-refractivity contribution < 1.29 is 13.5 Å². The van der Waals surface area contributed by atoms with E-state index < -0.39 is 11.3 Å². The fourth-order valence-electron chi connectivity index (χ4n) is 3.26. The Labute approximate surface area is 108 Å². The number of alkyl halides is 2. The van der Waals surface area contributed by atoms with Gasteiger partial charge in [-0.15, -0.1) is 0 Å². The molecule has 0 aromatic carbocycles. The van der Waals surface area contributed by atoms with Crippen LogP contribution in [0.2, 0.25) is 0 Å². The Kier molecular flexibility index (Phi) is 2.76. The Hall–Kier alpha value is -0.220. The third-order valence-electron chi connectivity index (χ3n) is 4.88. The van der Waals surface area contributed by atoms with Gasteiger partial charge in [-0.05, 0) is 39.7 Å². The van der Waals surface area contributed by atoms with Crippen LogP contribution in [0.4, 0.5) is 8.78 Å². The predicted molar refractivity (Wildman–Crippen MR) is 65.8 cm³/mol. The predicted octanol–water partition coefficient (Wildman–Crippen LogP) is 2.92. The van der Waals surface area contributed by atoms with E-state index in [0.29, 0.717) is 13.0 Å². The molecule has 0 aromatic rings. The first kappa shape index (κ1) is 12.8. The van der Waals surface area contributed by atoms with Gasteiger partial charge >= 0.3 is 0 Å². The molecular formula is C14H23F2NO. The number of hydrogen-bond acceptors (Lipinski definition) is 2. The minimum atomic E-state index is -2.38. The zero-order valence-corrected chi connectivity index (χ0v) is 11.3. The Balaban J connectivity index is 1.50. The maximum atomic E-state index is 13.3. The van der Waals surface area contributed by atoms with Crippen molar-refractivity contribution in [2.75, 3.05) is 26.2 Å². The number of likely N-dealkylation sites (tertiary alicyclic amines) is 1. The molecule has 2 nitrogen and oxygen atoms in total. The van der Waals surface area contributed by atoms with E-state index in [2.05, 4.69) is 4.90 Å². The molecule has 0 bridgehead atoms. The minimum absolute atomic E-state index is 0.117. The summed E-state index contributed by atoms with van der Waals surface area (Å²) in [5, 5.41) is 0. The minimum Gasteiger partial charge on any atom is -0.378 e. The Bertz CT molecular complexity index is 341. The van der Waals surface area contributed by atoms with E-state index in [0.717, 1.165) is 19.7 Å². The molecule has 0 radical (unpaired) electrons. The summed E-state index contributed by atoms with van der Waals surface area (Å²) >= 11 is 0. The molecule has 18 heavy (non-hydrogen) atoms. The molecule has 4 heteroatoms. The van der Waals surface area contributed by atoms with Gasteiger partial charge in [0.05, 0.1) is 18.1 Å². The first-order valence-electron chi connectivity index (χ1n) is 7.08. The summed E-state index contributed by atoms with van der Waals surface area (Å²) in [4.78, 5) is 2.25. The molecule has 3 aliphatic rings. The standard InChI is InChI=1S/C14H23F2NO/c1-11(2)18-10-12(3-4-12)8-17-6-5-13(9-17)7-14(13,15)16/h11H,3-10H2,1-2H3. The maximum absolute atomic E-state index is 13.3. The Morgan fingerprint density at radius 1 is 1.22 bits per heavy atom. The van der Waals surface area contributed by atoms with Crippen molar-refractivity contribution >= 4 is 0 Å². The fraction of sp³-hybridized carbons (Fsp3) is 1.00. The highest BCUT2D eigenvalue weighted by Gasteiger charge is 2.72. The molecule has 1 heterocycles. The lowest BCUT2D eigenvalue weighted by molar-refractivity contribution is 0.0306. The van der Waals surface area contributed by atoms with Crippen LogP contribution in [0.25, 0.3) is 0 Å². The first-order chi connectivity index (χ1) is 8.37. The monoisotopic (exact) mass is 259 g/mol. The van der Waals surface area contributed by atoms with Gasteiger partial charge in [-0.2, -0.15) is 0 Å². The third-order valence-corrected chi connectivity index (χ3v) is 4.88. The summed E-state index contributed by atoms with van der Waals surface area (Å²) in [7, 11) is 0. The molecule has 1 atom stereocenters. The Morgan fingerprint density at radius 3 is 2.33 bits per heavy atom. The smallest absolute Gasteiger partial charge is 0.255 e. The highest BCUT2D eigenvalue weighted by Crippen LogP contribution is 2.65. The molecule has 2 saturated carbocycles. The van der Waals surface area contributed by atoms with Crippen molar-refractivity contribution in [3.8, 4) is 0 Å². The van der Waals surface area contributed by atoms with Crippen LogP contribution in [0.1, 0.15) is 39.5 Å². The summed E-state index contributed by atoms with van der Waals surface area (Å²) in [6.07, 6.45) is 3.45. The van der Waals surface area contributed by atoms with Crippen molar-refractivity contribution in [3.05, 3.63) is 0 Å². The van der Waals surface area contributed by atoms with Gasteiger partial charge in [-0.3, -0.25) is 0 Å². The highest BCUT2D eigenvalue weighted by molar-refractivity contribution is 5.15. The highest BCUT2D eigenvalue weighted by atomic mass is 19.3. The molecular weight excluding hydrogens is 236 g/mol. The van der Waals surface area contributed by atoms with Gasteiger partial charge in [0.15, 0.2) is 0 Å². The second-order valence-corrected chi connectivity index (χ2v) is 6.98. The lowest BCUT2D eigenvalue weighted by Gasteiger charge is -2.24. The summed E-state index contributed by atoms with van der Waals surface area (Å²) < 4.78 is 32.3. The number of ether oxygens (including phenoxy) is 1. The zero-order valence-electron chi connectivity index (χ0n) is 11.3. The van der Waals surface area contributed by atoms with Gasteiger partial charge in [-0.1, -0.05) is 0 Å². The normalized spacial score (nSPS) is 36.5. The van der Waals surface area contributed by atoms with E-state index in [1.165, 1.54) is 12.8 Å². The summed E-state index contributed by atoms with van der Waals surface area (Å²) in [5.74, 6) is -2.38. The molecule has 1 spiro atoms. The van der Waals surface area contributed by atoms with Gasteiger partial charge in [0.25, 0.3) is 5.92 Å². The van der Waals surface area contributed by atoms with Crippen molar-refractivity contribution in [2.24, 2.45) is 10.8 Å². The van der Waals surface area contributed by atoms with E-state index in [-0.39, 0.29) is 17.9 Å². The molecule has 104 valence electrons. The molecule has 1 saturated heterocycles. The molecule has 1 aliphatic heterocycles.